The molecule has 4 nitrogen and oxygen atoms in total. The average molecular weight is 302 g/mol. The molecule has 0 bridgehead atoms. The van der Waals surface area contributed by atoms with E-state index < -0.39 is 10.0 Å². The van der Waals surface area contributed by atoms with Crippen molar-refractivity contribution in [2.45, 2.75) is 18.7 Å². The summed E-state index contributed by atoms with van der Waals surface area (Å²) < 4.78 is 26.4. The lowest BCUT2D eigenvalue weighted by Gasteiger charge is -2.08. The summed E-state index contributed by atoms with van der Waals surface area (Å²) in [7, 11) is -1.35. The van der Waals surface area contributed by atoms with E-state index in [0.29, 0.717) is 6.54 Å². The molecular weight excluding hydrogens is 280 g/mol. The van der Waals surface area contributed by atoms with E-state index in [1.165, 1.54) is 0 Å². The Hall–Kier alpha value is -0.560. The third kappa shape index (κ3) is 6.96. The predicted molar refractivity (Wildman–Crippen MR) is 82.8 cm³/mol. The van der Waals surface area contributed by atoms with E-state index in [-0.39, 0.29) is 5.75 Å². The van der Waals surface area contributed by atoms with Gasteiger partial charge in [-0.1, -0.05) is 24.3 Å². The molecule has 0 saturated heterocycles. The molecule has 0 aliphatic heterocycles. The van der Waals surface area contributed by atoms with Gasteiger partial charge in [0.05, 0.1) is 5.75 Å². The van der Waals surface area contributed by atoms with E-state index in [1.54, 1.807) is 11.8 Å². The van der Waals surface area contributed by atoms with Gasteiger partial charge in [0.25, 0.3) is 0 Å². The zero-order chi connectivity index (χ0) is 14.1. The van der Waals surface area contributed by atoms with Crippen LogP contribution in [0.4, 0.5) is 0 Å². The molecule has 0 radical (unpaired) electrons. The van der Waals surface area contributed by atoms with Gasteiger partial charge in [-0.05, 0) is 36.6 Å². The highest BCUT2D eigenvalue weighted by molar-refractivity contribution is 7.98. The summed E-state index contributed by atoms with van der Waals surface area (Å²) in [6.07, 6.45) is 2.88. The van der Waals surface area contributed by atoms with Crippen molar-refractivity contribution >= 4 is 21.8 Å². The molecule has 0 amide bonds. The van der Waals surface area contributed by atoms with Crippen molar-refractivity contribution in [3.8, 4) is 0 Å². The minimum atomic E-state index is -3.23. The molecule has 0 heterocycles. The molecule has 0 unspecified atom stereocenters. The summed E-state index contributed by atoms with van der Waals surface area (Å²) in [5, 5.41) is 3.05. The van der Waals surface area contributed by atoms with Crippen LogP contribution in [0, 0.1) is 0 Å². The van der Waals surface area contributed by atoms with Crippen molar-refractivity contribution < 1.29 is 8.42 Å². The van der Waals surface area contributed by atoms with Gasteiger partial charge < -0.3 is 5.32 Å². The molecule has 0 saturated carbocycles. The van der Waals surface area contributed by atoms with Crippen molar-refractivity contribution in [2.75, 3.05) is 25.6 Å². The molecule has 2 N–H and O–H groups in total. The van der Waals surface area contributed by atoms with Crippen LogP contribution in [0.25, 0.3) is 0 Å². The fourth-order valence-corrected chi connectivity index (χ4v) is 3.36. The number of sulfonamides is 1. The highest BCUT2D eigenvalue weighted by atomic mass is 32.2. The molecule has 0 fully saturated rings. The Balaban J connectivity index is 2.54. The van der Waals surface area contributed by atoms with E-state index in [4.69, 9.17) is 0 Å². The van der Waals surface area contributed by atoms with Crippen LogP contribution < -0.4 is 10.0 Å². The molecule has 0 spiro atoms. The second-order valence-electron chi connectivity index (χ2n) is 4.35. The number of hydrogen-bond acceptors (Lipinski definition) is 4. The summed E-state index contributed by atoms with van der Waals surface area (Å²) in [4.78, 5) is 0. The first kappa shape index (κ1) is 16.5. The lowest BCUT2D eigenvalue weighted by atomic mass is 10.1. The molecule has 6 heteroatoms. The van der Waals surface area contributed by atoms with Gasteiger partial charge in [0, 0.05) is 13.1 Å². The first-order valence-electron chi connectivity index (χ1n) is 6.26. The van der Waals surface area contributed by atoms with Crippen molar-refractivity contribution in [1.82, 2.24) is 10.0 Å². The number of rotatable bonds is 9. The second-order valence-corrected chi connectivity index (χ2v) is 7.14. The van der Waals surface area contributed by atoms with E-state index >= 15 is 0 Å². The number of nitrogens with one attached hydrogen (secondary N) is 2. The molecule has 1 aromatic carbocycles. The molecular formula is C13H22N2O2S2. The number of benzene rings is 1. The summed E-state index contributed by atoms with van der Waals surface area (Å²) in [5.41, 5.74) is 1.92. The Morgan fingerprint density at radius 1 is 1.26 bits per heavy atom. The molecule has 0 aliphatic rings. The standard InChI is InChI=1S/C13H22N2O2S2/c1-14-10-12-5-3-6-13(9-12)11-19(16,17)15-7-4-8-18-2/h3,5-6,9,14-15H,4,7-8,10-11H2,1-2H3. The average Bonchev–Trinajstić information content (AvgIpc) is 2.35. The van der Waals surface area contributed by atoms with Crippen LogP contribution in [0.1, 0.15) is 17.5 Å². The van der Waals surface area contributed by atoms with E-state index in [9.17, 15) is 8.42 Å². The monoisotopic (exact) mass is 302 g/mol. The number of hydrogen-bond donors (Lipinski definition) is 2. The maximum Gasteiger partial charge on any atom is 0.215 e. The van der Waals surface area contributed by atoms with Crippen molar-refractivity contribution in [2.24, 2.45) is 0 Å². The lowest BCUT2D eigenvalue weighted by Crippen LogP contribution is -2.26. The van der Waals surface area contributed by atoms with Crippen molar-refractivity contribution in [3.63, 3.8) is 0 Å². The largest absolute Gasteiger partial charge is 0.316 e. The van der Waals surface area contributed by atoms with Crippen LogP contribution in [0.15, 0.2) is 24.3 Å². The maximum absolute atomic E-state index is 11.9. The third-order valence-corrected chi connectivity index (χ3v) is 4.63. The van der Waals surface area contributed by atoms with Gasteiger partial charge in [-0.25, -0.2) is 13.1 Å². The summed E-state index contributed by atoms with van der Waals surface area (Å²) >= 11 is 1.72. The number of thioether (sulfide) groups is 1. The van der Waals surface area contributed by atoms with Crippen molar-refractivity contribution in [1.29, 1.82) is 0 Å². The van der Waals surface area contributed by atoms with Gasteiger partial charge in [-0.3, -0.25) is 0 Å². The van der Waals surface area contributed by atoms with E-state index in [0.717, 1.165) is 29.8 Å². The van der Waals surface area contributed by atoms with Gasteiger partial charge in [-0.15, -0.1) is 0 Å². The van der Waals surface area contributed by atoms with Gasteiger partial charge in [0.15, 0.2) is 0 Å². The Morgan fingerprint density at radius 3 is 2.68 bits per heavy atom. The Labute approximate surface area is 120 Å². The summed E-state index contributed by atoms with van der Waals surface area (Å²) in [6.45, 7) is 1.26. The minimum absolute atomic E-state index is 0.0455. The summed E-state index contributed by atoms with van der Waals surface area (Å²) in [6, 6.07) is 7.65. The molecule has 0 aromatic heterocycles. The topological polar surface area (TPSA) is 58.2 Å². The Kier molecular flexibility index (Phi) is 7.45. The first-order valence-corrected chi connectivity index (χ1v) is 9.30. The molecule has 0 atom stereocenters. The van der Waals surface area contributed by atoms with Crippen LogP contribution in [-0.2, 0) is 22.3 Å². The van der Waals surface area contributed by atoms with Crippen LogP contribution in [-0.4, -0.2) is 34.0 Å². The molecule has 1 aromatic rings. The van der Waals surface area contributed by atoms with Gasteiger partial charge in [0.2, 0.25) is 10.0 Å². The SMILES string of the molecule is CNCc1cccc(CS(=O)(=O)NCCCSC)c1. The molecule has 108 valence electrons. The normalized spacial score (nSPS) is 11.7. The van der Waals surface area contributed by atoms with E-state index in [2.05, 4.69) is 10.0 Å². The zero-order valence-electron chi connectivity index (χ0n) is 11.5. The van der Waals surface area contributed by atoms with Crippen LogP contribution in [0.2, 0.25) is 0 Å². The Morgan fingerprint density at radius 2 is 2.00 bits per heavy atom. The lowest BCUT2D eigenvalue weighted by molar-refractivity contribution is 0.580. The predicted octanol–water partition coefficient (Wildman–Crippen LogP) is 1.58. The van der Waals surface area contributed by atoms with Gasteiger partial charge in [-0.2, -0.15) is 11.8 Å². The fraction of sp³-hybridized carbons (Fsp3) is 0.538. The Bertz CT molecular complexity index is 475. The highest BCUT2D eigenvalue weighted by Gasteiger charge is 2.10. The summed E-state index contributed by atoms with van der Waals surface area (Å²) in [5.74, 6) is 1.02. The van der Waals surface area contributed by atoms with Gasteiger partial charge in [0.1, 0.15) is 0 Å². The maximum atomic E-state index is 11.9. The fourth-order valence-electron chi connectivity index (χ4n) is 1.75. The van der Waals surface area contributed by atoms with Crippen LogP contribution >= 0.6 is 11.8 Å². The quantitative estimate of drug-likeness (QED) is 0.680. The highest BCUT2D eigenvalue weighted by Crippen LogP contribution is 2.08. The third-order valence-electron chi connectivity index (χ3n) is 2.58. The minimum Gasteiger partial charge on any atom is -0.316 e. The van der Waals surface area contributed by atoms with Crippen molar-refractivity contribution in [3.05, 3.63) is 35.4 Å². The van der Waals surface area contributed by atoms with Crippen LogP contribution in [0.5, 0.6) is 0 Å². The second kappa shape index (κ2) is 8.58. The smallest absolute Gasteiger partial charge is 0.215 e. The van der Waals surface area contributed by atoms with Crippen LogP contribution in [0.3, 0.4) is 0 Å². The zero-order valence-corrected chi connectivity index (χ0v) is 13.1. The molecule has 19 heavy (non-hydrogen) atoms. The molecule has 0 aliphatic carbocycles. The van der Waals surface area contributed by atoms with Gasteiger partial charge >= 0.3 is 0 Å². The van der Waals surface area contributed by atoms with E-state index in [1.807, 2.05) is 37.6 Å². The molecule has 1 rings (SSSR count). The first-order chi connectivity index (χ1) is 9.07.